The number of furan rings is 1. The van der Waals surface area contributed by atoms with Crippen molar-refractivity contribution in [3.05, 3.63) is 28.7 Å². The molecule has 0 fully saturated rings. The topological polar surface area (TPSA) is 62.6 Å². The maximum atomic E-state index is 13.0. The molecule has 21 heavy (non-hydrogen) atoms. The number of hydrogen-bond donors (Lipinski definition) is 1. The standard InChI is InChI=1S/C15H24N2O3S/c1-5-16-9-14-12(3)20-13(4)15(14)21(18,19)17-8-6-7-11(2)10-17/h7,16H,5-6,8-10H2,1-4H3. The largest absolute Gasteiger partial charge is 0.465 e. The minimum Gasteiger partial charge on any atom is -0.465 e. The molecule has 1 aromatic rings. The van der Waals surface area contributed by atoms with Crippen LogP contribution in [0, 0.1) is 13.8 Å². The first-order valence-corrected chi connectivity index (χ1v) is 8.77. The molecule has 0 saturated heterocycles. The molecular formula is C15H24N2O3S. The molecule has 1 aromatic heterocycles. The van der Waals surface area contributed by atoms with Crippen LogP contribution in [0.5, 0.6) is 0 Å². The zero-order valence-corrected chi connectivity index (χ0v) is 14.0. The summed E-state index contributed by atoms with van der Waals surface area (Å²) in [6, 6.07) is 0. The molecule has 5 nitrogen and oxygen atoms in total. The Labute approximate surface area is 127 Å². The smallest absolute Gasteiger partial charge is 0.247 e. The summed E-state index contributed by atoms with van der Waals surface area (Å²) in [5.74, 6) is 1.16. The summed E-state index contributed by atoms with van der Waals surface area (Å²) < 4.78 is 33.1. The normalized spacial score (nSPS) is 17.0. The molecule has 0 bridgehead atoms. The van der Waals surface area contributed by atoms with E-state index < -0.39 is 10.0 Å². The Kier molecular flexibility index (Phi) is 4.91. The van der Waals surface area contributed by atoms with Gasteiger partial charge < -0.3 is 9.73 Å². The van der Waals surface area contributed by atoms with E-state index in [2.05, 4.69) is 11.4 Å². The molecule has 0 radical (unpaired) electrons. The van der Waals surface area contributed by atoms with Crippen molar-refractivity contribution in [2.45, 2.75) is 45.6 Å². The number of rotatable bonds is 5. The number of hydrogen-bond acceptors (Lipinski definition) is 4. The molecule has 0 aliphatic carbocycles. The third-order valence-corrected chi connectivity index (χ3v) is 5.81. The fourth-order valence-corrected chi connectivity index (χ4v) is 4.62. The summed E-state index contributed by atoms with van der Waals surface area (Å²) >= 11 is 0. The van der Waals surface area contributed by atoms with Crippen molar-refractivity contribution >= 4 is 10.0 Å². The molecule has 0 aromatic carbocycles. The van der Waals surface area contributed by atoms with Crippen LogP contribution in [-0.2, 0) is 16.6 Å². The molecule has 1 aliphatic rings. The van der Waals surface area contributed by atoms with Gasteiger partial charge in [-0.05, 0) is 33.7 Å². The molecule has 1 N–H and O–H groups in total. The van der Waals surface area contributed by atoms with Crippen LogP contribution in [0.3, 0.4) is 0 Å². The Morgan fingerprint density at radius 1 is 1.29 bits per heavy atom. The van der Waals surface area contributed by atoms with Crippen LogP contribution in [0.15, 0.2) is 21.0 Å². The highest BCUT2D eigenvalue weighted by molar-refractivity contribution is 7.89. The highest BCUT2D eigenvalue weighted by Gasteiger charge is 2.32. The fraction of sp³-hybridized carbons (Fsp3) is 0.600. The summed E-state index contributed by atoms with van der Waals surface area (Å²) in [5, 5.41) is 3.19. The molecule has 0 unspecified atom stereocenters. The molecular weight excluding hydrogens is 288 g/mol. The number of aryl methyl sites for hydroxylation is 2. The summed E-state index contributed by atoms with van der Waals surface area (Å²) in [6.45, 7) is 9.80. The number of nitrogens with one attached hydrogen (secondary N) is 1. The van der Waals surface area contributed by atoms with Gasteiger partial charge in [0, 0.05) is 25.2 Å². The average Bonchev–Trinajstić information content (AvgIpc) is 2.71. The van der Waals surface area contributed by atoms with Gasteiger partial charge in [0.1, 0.15) is 16.4 Å². The summed E-state index contributed by atoms with van der Waals surface area (Å²) in [5.41, 5.74) is 1.84. The molecule has 0 spiro atoms. The van der Waals surface area contributed by atoms with Gasteiger partial charge in [0.2, 0.25) is 10.0 Å². The van der Waals surface area contributed by atoms with Crippen molar-refractivity contribution in [3.63, 3.8) is 0 Å². The fourth-order valence-electron chi connectivity index (χ4n) is 2.71. The maximum absolute atomic E-state index is 13.0. The molecule has 2 rings (SSSR count). The number of nitrogens with zero attached hydrogens (tertiary/aromatic N) is 1. The first kappa shape index (κ1) is 16.3. The quantitative estimate of drug-likeness (QED) is 0.848. The van der Waals surface area contributed by atoms with Gasteiger partial charge in [-0.2, -0.15) is 4.31 Å². The van der Waals surface area contributed by atoms with Crippen LogP contribution < -0.4 is 5.32 Å². The van der Waals surface area contributed by atoms with Crippen LogP contribution in [0.1, 0.15) is 37.4 Å². The van der Waals surface area contributed by atoms with E-state index in [-0.39, 0.29) is 0 Å². The van der Waals surface area contributed by atoms with E-state index in [9.17, 15) is 8.42 Å². The van der Waals surface area contributed by atoms with Gasteiger partial charge in [0.15, 0.2) is 0 Å². The van der Waals surface area contributed by atoms with E-state index in [0.29, 0.717) is 36.1 Å². The Balaban J connectivity index is 2.42. The molecule has 1 aliphatic heterocycles. The monoisotopic (exact) mass is 312 g/mol. The van der Waals surface area contributed by atoms with Crippen molar-refractivity contribution < 1.29 is 12.8 Å². The summed E-state index contributed by atoms with van der Waals surface area (Å²) in [7, 11) is -3.51. The van der Waals surface area contributed by atoms with Gasteiger partial charge in [-0.25, -0.2) is 8.42 Å². The molecule has 118 valence electrons. The Morgan fingerprint density at radius 2 is 2.00 bits per heavy atom. The van der Waals surface area contributed by atoms with Gasteiger partial charge in [-0.3, -0.25) is 0 Å². The number of sulfonamides is 1. The van der Waals surface area contributed by atoms with E-state index in [1.807, 2.05) is 20.8 Å². The minimum absolute atomic E-state index is 0.343. The van der Waals surface area contributed by atoms with Crippen LogP contribution in [0.2, 0.25) is 0 Å². The van der Waals surface area contributed by atoms with Crippen LogP contribution in [0.4, 0.5) is 0 Å². The van der Waals surface area contributed by atoms with E-state index in [4.69, 9.17) is 4.42 Å². The lowest BCUT2D eigenvalue weighted by molar-refractivity contribution is 0.424. The zero-order chi connectivity index (χ0) is 15.6. The Bertz CT molecular complexity index is 644. The van der Waals surface area contributed by atoms with Gasteiger partial charge in [-0.1, -0.05) is 18.6 Å². The Morgan fingerprint density at radius 3 is 2.62 bits per heavy atom. The molecule has 2 heterocycles. The third-order valence-electron chi connectivity index (χ3n) is 3.77. The predicted molar refractivity (Wildman–Crippen MR) is 82.7 cm³/mol. The first-order chi connectivity index (χ1) is 9.87. The molecule has 0 atom stereocenters. The second kappa shape index (κ2) is 6.34. The lowest BCUT2D eigenvalue weighted by Gasteiger charge is -2.25. The van der Waals surface area contributed by atoms with Gasteiger partial charge in [0.25, 0.3) is 0 Å². The molecule has 0 saturated carbocycles. The van der Waals surface area contributed by atoms with E-state index in [0.717, 1.165) is 24.1 Å². The second-order valence-corrected chi connectivity index (χ2v) is 7.35. The van der Waals surface area contributed by atoms with Crippen molar-refractivity contribution in [3.8, 4) is 0 Å². The lowest BCUT2D eigenvalue weighted by atomic mass is 10.2. The third kappa shape index (κ3) is 3.22. The average molecular weight is 312 g/mol. The SMILES string of the molecule is CCNCc1c(C)oc(C)c1S(=O)(=O)N1CCC=C(C)C1. The van der Waals surface area contributed by atoms with Crippen LogP contribution in [0.25, 0.3) is 0 Å². The molecule has 6 heteroatoms. The second-order valence-electron chi connectivity index (χ2n) is 5.48. The van der Waals surface area contributed by atoms with Gasteiger partial charge in [-0.15, -0.1) is 0 Å². The highest BCUT2D eigenvalue weighted by Crippen LogP contribution is 2.30. The summed E-state index contributed by atoms with van der Waals surface area (Å²) in [4.78, 5) is 0.343. The van der Waals surface area contributed by atoms with Crippen LogP contribution >= 0.6 is 0 Å². The van der Waals surface area contributed by atoms with Gasteiger partial charge >= 0.3 is 0 Å². The highest BCUT2D eigenvalue weighted by atomic mass is 32.2. The predicted octanol–water partition coefficient (Wildman–Crippen LogP) is 2.35. The minimum atomic E-state index is -3.51. The van der Waals surface area contributed by atoms with E-state index in [1.165, 1.54) is 0 Å². The first-order valence-electron chi connectivity index (χ1n) is 7.33. The van der Waals surface area contributed by atoms with Crippen molar-refractivity contribution in [2.75, 3.05) is 19.6 Å². The van der Waals surface area contributed by atoms with Crippen LogP contribution in [-0.4, -0.2) is 32.4 Å². The van der Waals surface area contributed by atoms with E-state index >= 15 is 0 Å². The summed E-state index contributed by atoms with van der Waals surface area (Å²) in [6.07, 6.45) is 2.86. The van der Waals surface area contributed by atoms with E-state index in [1.54, 1.807) is 11.2 Å². The van der Waals surface area contributed by atoms with Crippen molar-refractivity contribution in [1.82, 2.24) is 9.62 Å². The maximum Gasteiger partial charge on any atom is 0.247 e. The lowest BCUT2D eigenvalue weighted by Crippen LogP contribution is -2.36. The van der Waals surface area contributed by atoms with Crippen molar-refractivity contribution in [1.29, 1.82) is 0 Å². The van der Waals surface area contributed by atoms with Gasteiger partial charge in [0.05, 0.1) is 0 Å². The Hall–Kier alpha value is -1.11. The zero-order valence-electron chi connectivity index (χ0n) is 13.2. The molecule has 0 amide bonds. The van der Waals surface area contributed by atoms with Crippen molar-refractivity contribution in [2.24, 2.45) is 0 Å².